The molecular weight excluding hydrogens is 270 g/mol. The molecule has 0 unspecified atom stereocenters. The van der Waals surface area contributed by atoms with E-state index in [1.165, 1.54) is 26.5 Å². The average molecular weight is 282 g/mol. The topological polar surface area (TPSA) is 57.5 Å². The van der Waals surface area contributed by atoms with Crippen LogP contribution in [0.15, 0.2) is 29.2 Å². The zero-order chi connectivity index (χ0) is 14.0. The third kappa shape index (κ3) is 2.42. The van der Waals surface area contributed by atoms with Crippen molar-refractivity contribution < 1.29 is 14.3 Å². The Bertz CT molecular complexity index is 693. The molecule has 19 heavy (non-hydrogen) atoms. The predicted molar refractivity (Wildman–Crippen MR) is 71.8 cm³/mol. The molecule has 0 fully saturated rings. The van der Waals surface area contributed by atoms with Crippen LogP contribution >= 0.6 is 11.6 Å². The molecule has 2 rings (SSSR count). The lowest BCUT2D eigenvalue weighted by Crippen LogP contribution is -2.15. The van der Waals surface area contributed by atoms with Gasteiger partial charge in [-0.25, -0.2) is 0 Å². The largest absolute Gasteiger partial charge is 0.496 e. The number of fused-ring (bicyclic) bond motifs is 1. The summed E-state index contributed by atoms with van der Waals surface area (Å²) < 4.78 is 11.3. The number of nitrogens with zero attached hydrogens (tertiary/aromatic N) is 1. The van der Waals surface area contributed by atoms with Crippen molar-refractivity contribution in [2.45, 2.75) is 6.54 Å². The van der Waals surface area contributed by atoms with E-state index in [0.29, 0.717) is 21.7 Å². The second-order valence-corrected chi connectivity index (χ2v) is 4.26. The van der Waals surface area contributed by atoms with E-state index in [9.17, 15) is 9.59 Å². The summed E-state index contributed by atoms with van der Waals surface area (Å²) in [7, 11) is 2.77. The number of ether oxygens (including phenoxy) is 2. The van der Waals surface area contributed by atoms with Crippen molar-refractivity contribution in [3.63, 3.8) is 0 Å². The number of aromatic nitrogens is 1. The maximum Gasteiger partial charge on any atom is 0.325 e. The Hall–Kier alpha value is -2.01. The van der Waals surface area contributed by atoms with Crippen LogP contribution in [0, 0.1) is 0 Å². The van der Waals surface area contributed by atoms with E-state index in [2.05, 4.69) is 4.74 Å². The summed E-state index contributed by atoms with van der Waals surface area (Å²) >= 11 is 6.12. The average Bonchev–Trinajstić information content (AvgIpc) is 2.42. The van der Waals surface area contributed by atoms with Crippen molar-refractivity contribution in [1.29, 1.82) is 0 Å². The van der Waals surface area contributed by atoms with Crippen LogP contribution in [0.3, 0.4) is 0 Å². The minimum atomic E-state index is -0.427. The Morgan fingerprint density at radius 1 is 1.32 bits per heavy atom. The van der Waals surface area contributed by atoms with Gasteiger partial charge in [-0.2, -0.15) is 0 Å². The van der Waals surface area contributed by atoms with E-state index in [0.717, 1.165) is 0 Å². The lowest BCUT2D eigenvalue weighted by molar-refractivity contribution is -0.141. The smallest absolute Gasteiger partial charge is 0.325 e. The second kappa shape index (κ2) is 5.32. The SMILES string of the molecule is COC(=O)Cn1ccc(=O)c2c(OC)ccc(Cl)c21. The lowest BCUT2D eigenvalue weighted by atomic mass is 10.2. The van der Waals surface area contributed by atoms with Gasteiger partial charge >= 0.3 is 5.97 Å². The summed E-state index contributed by atoms with van der Waals surface area (Å²) in [6.45, 7) is -0.0276. The molecule has 0 aliphatic rings. The van der Waals surface area contributed by atoms with Crippen LogP contribution in [0.2, 0.25) is 5.02 Å². The molecular formula is C13H12ClNO4. The van der Waals surface area contributed by atoms with Crippen molar-refractivity contribution >= 4 is 28.5 Å². The van der Waals surface area contributed by atoms with Gasteiger partial charge in [0, 0.05) is 12.3 Å². The van der Waals surface area contributed by atoms with Gasteiger partial charge in [0.05, 0.1) is 30.1 Å². The highest BCUT2D eigenvalue weighted by molar-refractivity contribution is 6.35. The monoisotopic (exact) mass is 281 g/mol. The van der Waals surface area contributed by atoms with Crippen molar-refractivity contribution in [3.05, 3.63) is 39.6 Å². The Balaban J connectivity index is 2.77. The molecule has 0 atom stereocenters. The molecule has 2 aromatic rings. The van der Waals surface area contributed by atoms with Gasteiger partial charge < -0.3 is 14.0 Å². The van der Waals surface area contributed by atoms with Crippen LogP contribution in [0.25, 0.3) is 10.9 Å². The zero-order valence-electron chi connectivity index (χ0n) is 10.5. The Morgan fingerprint density at radius 2 is 2.05 bits per heavy atom. The molecule has 6 heteroatoms. The number of esters is 1. The maximum absolute atomic E-state index is 12.0. The number of hydrogen-bond donors (Lipinski definition) is 0. The summed E-state index contributed by atoms with van der Waals surface area (Å²) in [6, 6.07) is 4.61. The van der Waals surface area contributed by atoms with E-state index in [1.54, 1.807) is 16.7 Å². The first-order valence-electron chi connectivity index (χ1n) is 5.51. The highest BCUT2D eigenvalue weighted by Crippen LogP contribution is 2.28. The number of benzene rings is 1. The van der Waals surface area contributed by atoms with Crippen LogP contribution < -0.4 is 10.2 Å². The van der Waals surface area contributed by atoms with Crippen LogP contribution in [-0.2, 0) is 16.1 Å². The highest BCUT2D eigenvalue weighted by atomic mass is 35.5. The zero-order valence-corrected chi connectivity index (χ0v) is 11.2. The van der Waals surface area contributed by atoms with E-state index in [1.807, 2.05) is 0 Å². The van der Waals surface area contributed by atoms with Crippen molar-refractivity contribution in [2.24, 2.45) is 0 Å². The molecule has 1 aromatic carbocycles. The molecule has 100 valence electrons. The second-order valence-electron chi connectivity index (χ2n) is 3.86. The van der Waals surface area contributed by atoms with Gasteiger partial charge in [0.15, 0.2) is 5.43 Å². The van der Waals surface area contributed by atoms with Gasteiger partial charge in [-0.3, -0.25) is 9.59 Å². The molecule has 0 N–H and O–H groups in total. The molecule has 0 spiro atoms. The number of pyridine rings is 1. The fourth-order valence-corrected chi connectivity index (χ4v) is 2.15. The number of carbonyl (C=O) groups excluding carboxylic acids is 1. The minimum absolute atomic E-state index is 0.0276. The van der Waals surface area contributed by atoms with Crippen LogP contribution in [0.5, 0.6) is 5.75 Å². The summed E-state index contributed by atoms with van der Waals surface area (Å²) in [6.07, 6.45) is 1.51. The molecule has 0 saturated carbocycles. The molecule has 0 bridgehead atoms. The van der Waals surface area contributed by atoms with Crippen LogP contribution in [-0.4, -0.2) is 24.8 Å². The molecule has 0 aliphatic heterocycles. The number of halogens is 1. The predicted octanol–water partition coefficient (Wildman–Crippen LogP) is 1.84. The third-order valence-electron chi connectivity index (χ3n) is 2.78. The highest BCUT2D eigenvalue weighted by Gasteiger charge is 2.13. The number of carbonyl (C=O) groups is 1. The van der Waals surface area contributed by atoms with Gasteiger partial charge in [0.25, 0.3) is 0 Å². The summed E-state index contributed by atoms with van der Waals surface area (Å²) in [5.41, 5.74) is 0.245. The number of rotatable bonds is 3. The quantitative estimate of drug-likeness (QED) is 0.806. The van der Waals surface area contributed by atoms with Gasteiger partial charge in [-0.1, -0.05) is 11.6 Å². The van der Waals surface area contributed by atoms with Crippen LogP contribution in [0.1, 0.15) is 0 Å². The molecule has 5 nitrogen and oxygen atoms in total. The van der Waals surface area contributed by atoms with E-state index < -0.39 is 5.97 Å². The standard InChI is InChI=1S/C13H12ClNO4/c1-18-10-4-3-8(14)13-12(10)9(16)5-6-15(13)7-11(17)19-2/h3-6H,7H2,1-2H3. The van der Waals surface area contributed by atoms with Crippen molar-refractivity contribution in [3.8, 4) is 5.75 Å². The van der Waals surface area contributed by atoms with Gasteiger partial charge in [0.2, 0.25) is 0 Å². The molecule has 1 aromatic heterocycles. The fourth-order valence-electron chi connectivity index (χ4n) is 1.89. The van der Waals surface area contributed by atoms with Crippen molar-refractivity contribution in [2.75, 3.05) is 14.2 Å². The van der Waals surface area contributed by atoms with Gasteiger partial charge in [-0.15, -0.1) is 0 Å². The summed E-state index contributed by atoms with van der Waals surface area (Å²) in [5, 5.41) is 0.721. The number of methoxy groups -OCH3 is 2. The molecule has 0 aliphatic carbocycles. The third-order valence-corrected chi connectivity index (χ3v) is 3.08. The Morgan fingerprint density at radius 3 is 2.68 bits per heavy atom. The first kappa shape index (κ1) is 13.4. The van der Waals surface area contributed by atoms with Crippen molar-refractivity contribution in [1.82, 2.24) is 4.57 Å². The summed E-state index contributed by atoms with van der Waals surface area (Å²) in [4.78, 5) is 23.3. The Kier molecular flexibility index (Phi) is 3.76. The first-order chi connectivity index (χ1) is 9.08. The van der Waals surface area contributed by atoms with Gasteiger partial charge in [-0.05, 0) is 12.1 Å². The normalized spacial score (nSPS) is 10.5. The fraction of sp³-hybridized carbons (Fsp3) is 0.231. The first-order valence-corrected chi connectivity index (χ1v) is 5.88. The molecule has 0 saturated heterocycles. The molecule has 1 heterocycles. The van der Waals surface area contributed by atoms with E-state index in [4.69, 9.17) is 16.3 Å². The molecule has 0 radical (unpaired) electrons. The Labute approximate surface area is 114 Å². The summed E-state index contributed by atoms with van der Waals surface area (Å²) in [5.74, 6) is -0.00699. The molecule has 0 amide bonds. The van der Waals surface area contributed by atoms with Crippen LogP contribution in [0.4, 0.5) is 0 Å². The maximum atomic E-state index is 12.0. The minimum Gasteiger partial charge on any atom is -0.496 e. The van der Waals surface area contributed by atoms with E-state index >= 15 is 0 Å². The number of hydrogen-bond acceptors (Lipinski definition) is 4. The van der Waals surface area contributed by atoms with Gasteiger partial charge in [0.1, 0.15) is 12.3 Å². The van der Waals surface area contributed by atoms with E-state index in [-0.39, 0.29) is 12.0 Å². The lowest BCUT2D eigenvalue weighted by Gasteiger charge is -2.12.